The van der Waals surface area contributed by atoms with Crippen molar-refractivity contribution in [1.82, 2.24) is 0 Å². The third-order valence-corrected chi connectivity index (χ3v) is 5.88. The van der Waals surface area contributed by atoms with Crippen molar-refractivity contribution in [2.75, 3.05) is 0 Å². The lowest BCUT2D eigenvalue weighted by molar-refractivity contribution is 0.546. The van der Waals surface area contributed by atoms with Crippen molar-refractivity contribution in [1.29, 1.82) is 0 Å². The SMILES string of the molecule is C=Cc1c(C(C)(C)C)cc(C(C)(C)C)cc1C(C)(C)C.C=Cc1ccc(C(C)(C)C)cc1. The molecule has 0 radical (unpaired) electrons. The van der Waals surface area contributed by atoms with Crippen LogP contribution in [0, 0.1) is 0 Å². The topological polar surface area (TPSA) is 0 Å². The molecule has 0 saturated carbocycles. The smallest absolute Gasteiger partial charge is 0.0126 e. The summed E-state index contributed by atoms with van der Waals surface area (Å²) in [6.07, 6.45) is 3.90. The molecule has 0 spiro atoms. The van der Waals surface area contributed by atoms with Crippen LogP contribution in [0.1, 0.15) is 116 Å². The average Bonchev–Trinajstić information content (AvgIpc) is 2.64. The zero-order chi connectivity index (χ0) is 25.1. The summed E-state index contributed by atoms with van der Waals surface area (Å²) < 4.78 is 0. The number of rotatable bonds is 2. The highest BCUT2D eigenvalue weighted by molar-refractivity contribution is 5.62. The minimum atomic E-state index is 0.130. The molecule has 0 saturated heterocycles. The highest BCUT2D eigenvalue weighted by Crippen LogP contribution is 2.38. The summed E-state index contributed by atoms with van der Waals surface area (Å²) in [6, 6.07) is 13.3. The van der Waals surface area contributed by atoms with Gasteiger partial charge in [-0.3, -0.25) is 0 Å². The molecule has 2 aromatic carbocycles. The zero-order valence-electron chi connectivity index (χ0n) is 23.0. The predicted octanol–water partition coefficient (Wildman–Crippen LogP) is 9.85. The van der Waals surface area contributed by atoms with E-state index in [1.165, 1.54) is 33.4 Å². The van der Waals surface area contributed by atoms with Crippen molar-refractivity contribution in [3.8, 4) is 0 Å². The molecular formula is C32H48. The Morgan fingerprint density at radius 3 is 1.12 bits per heavy atom. The normalized spacial score (nSPS) is 12.6. The van der Waals surface area contributed by atoms with E-state index in [0.29, 0.717) is 0 Å². The van der Waals surface area contributed by atoms with Crippen LogP contribution in [-0.4, -0.2) is 0 Å². The maximum absolute atomic E-state index is 4.07. The fourth-order valence-corrected chi connectivity index (χ4v) is 3.67. The van der Waals surface area contributed by atoms with E-state index in [2.05, 4.69) is 133 Å². The molecule has 0 bridgehead atoms. The van der Waals surface area contributed by atoms with Crippen molar-refractivity contribution in [3.63, 3.8) is 0 Å². The second kappa shape index (κ2) is 9.82. The standard InChI is InChI=1S/C20H32.C12H16/c1-11-15-16(19(5,6)7)12-14(18(2,3)4)13-17(15)20(8,9)10;1-5-10-6-8-11(9-7-10)12(2,3)4/h11-13H,1H2,2-10H3;5-9H,1H2,2-4H3. The van der Waals surface area contributed by atoms with Crippen molar-refractivity contribution in [3.05, 3.63) is 82.9 Å². The molecule has 0 unspecified atom stereocenters. The third-order valence-electron chi connectivity index (χ3n) is 5.88. The summed E-state index contributed by atoms with van der Waals surface area (Å²) in [4.78, 5) is 0. The van der Waals surface area contributed by atoms with Gasteiger partial charge in [0.05, 0.1) is 0 Å². The summed E-state index contributed by atoms with van der Waals surface area (Å²) in [6.45, 7) is 35.0. The van der Waals surface area contributed by atoms with Crippen LogP contribution in [0.3, 0.4) is 0 Å². The molecule has 0 N–H and O–H groups in total. The minimum absolute atomic E-state index is 0.130. The molecule has 0 heterocycles. The van der Waals surface area contributed by atoms with Crippen LogP contribution >= 0.6 is 0 Å². The van der Waals surface area contributed by atoms with Crippen molar-refractivity contribution >= 4 is 12.2 Å². The summed E-state index contributed by atoms with van der Waals surface area (Å²) in [5, 5.41) is 0. The lowest BCUT2D eigenvalue weighted by Gasteiger charge is -2.32. The number of hydrogen-bond acceptors (Lipinski definition) is 0. The van der Waals surface area contributed by atoms with Gasteiger partial charge in [-0.25, -0.2) is 0 Å². The first kappa shape index (κ1) is 28.0. The van der Waals surface area contributed by atoms with Crippen LogP contribution in [-0.2, 0) is 21.7 Å². The maximum Gasteiger partial charge on any atom is -0.0126 e. The second-order valence-electron chi connectivity index (χ2n) is 13.0. The fourth-order valence-electron chi connectivity index (χ4n) is 3.67. The van der Waals surface area contributed by atoms with Gasteiger partial charge in [-0.1, -0.05) is 145 Å². The van der Waals surface area contributed by atoms with E-state index in [0.717, 1.165) is 0 Å². The van der Waals surface area contributed by atoms with Crippen LogP contribution in [0.4, 0.5) is 0 Å². The van der Waals surface area contributed by atoms with Gasteiger partial charge >= 0.3 is 0 Å². The van der Waals surface area contributed by atoms with E-state index >= 15 is 0 Å². The number of benzene rings is 2. The Hall–Kier alpha value is -2.08. The predicted molar refractivity (Wildman–Crippen MR) is 148 cm³/mol. The summed E-state index contributed by atoms with van der Waals surface area (Å²) >= 11 is 0. The molecule has 2 rings (SSSR count). The highest BCUT2D eigenvalue weighted by Gasteiger charge is 2.27. The quantitative estimate of drug-likeness (QED) is 0.443. The monoisotopic (exact) mass is 432 g/mol. The molecule has 176 valence electrons. The molecule has 0 heteroatoms. The Bertz CT molecular complexity index is 873. The van der Waals surface area contributed by atoms with Crippen molar-refractivity contribution in [2.24, 2.45) is 0 Å². The fraction of sp³-hybridized carbons (Fsp3) is 0.500. The maximum atomic E-state index is 4.07. The number of hydrogen-bond donors (Lipinski definition) is 0. The molecule has 0 amide bonds. The molecule has 2 aromatic rings. The van der Waals surface area contributed by atoms with E-state index < -0.39 is 0 Å². The Labute approximate surface area is 199 Å². The highest BCUT2D eigenvalue weighted by atomic mass is 14.3. The first-order chi connectivity index (χ1) is 14.3. The van der Waals surface area contributed by atoms with Gasteiger partial charge in [0.15, 0.2) is 0 Å². The third kappa shape index (κ3) is 7.51. The van der Waals surface area contributed by atoms with Gasteiger partial charge in [-0.2, -0.15) is 0 Å². The lowest BCUT2D eigenvalue weighted by Crippen LogP contribution is -2.23. The summed E-state index contributed by atoms with van der Waals surface area (Å²) in [5.74, 6) is 0. The molecule has 0 aliphatic carbocycles. The largest absolute Gasteiger partial charge is 0.0985 e. The lowest BCUT2D eigenvalue weighted by atomic mass is 9.72. The van der Waals surface area contributed by atoms with E-state index in [-0.39, 0.29) is 21.7 Å². The van der Waals surface area contributed by atoms with Crippen molar-refractivity contribution < 1.29 is 0 Å². The summed E-state index contributed by atoms with van der Waals surface area (Å²) in [7, 11) is 0. The van der Waals surface area contributed by atoms with Crippen LogP contribution in [0.5, 0.6) is 0 Å². The van der Waals surface area contributed by atoms with Gasteiger partial charge in [-0.05, 0) is 55.0 Å². The first-order valence-corrected chi connectivity index (χ1v) is 11.9. The Kier molecular flexibility index (Phi) is 8.58. The van der Waals surface area contributed by atoms with Crippen LogP contribution in [0.2, 0.25) is 0 Å². The van der Waals surface area contributed by atoms with Gasteiger partial charge in [0.1, 0.15) is 0 Å². The molecule has 0 atom stereocenters. The van der Waals surface area contributed by atoms with Gasteiger partial charge in [0.25, 0.3) is 0 Å². The average molecular weight is 433 g/mol. The van der Waals surface area contributed by atoms with Crippen LogP contribution in [0.15, 0.2) is 49.6 Å². The van der Waals surface area contributed by atoms with Gasteiger partial charge < -0.3 is 0 Å². The first-order valence-electron chi connectivity index (χ1n) is 11.9. The van der Waals surface area contributed by atoms with Gasteiger partial charge in [-0.15, -0.1) is 0 Å². The molecule has 0 fully saturated rings. The molecule has 32 heavy (non-hydrogen) atoms. The second-order valence-corrected chi connectivity index (χ2v) is 13.0. The Balaban J connectivity index is 0.000000363. The van der Waals surface area contributed by atoms with E-state index in [9.17, 15) is 0 Å². The van der Waals surface area contributed by atoms with E-state index in [1.807, 2.05) is 12.2 Å². The molecule has 0 aliphatic heterocycles. The van der Waals surface area contributed by atoms with Crippen LogP contribution in [0.25, 0.3) is 12.2 Å². The zero-order valence-corrected chi connectivity index (χ0v) is 23.0. The Morgan fingerprint density at radius 2 is 0.875 bits per heavy atom. The van der Waals surface area contributed by atoms with Gasteiger partial charge in [0.2, 0.25) is 0 Å². The van der Waals surface area contributed by atoms with E-state index in [4.69, 9.17) is 0 Å². The molecular weight excluding hydrogens is 384 g/mol. The minimum Gasteiger partial charge on any atom is -0.0985 e. The molecule has 0 aromatic heterocycles. The Morgan fingerprint density at radius 1 is 0.500 bits per heavy atom. The molecule has 0 nitrogen and oxygen atoms in total. The molecule has 0 aliphatic rings. The van der Waals surface area contributed by atoms with Gasteiger partial charge in [0, 0.05) is 0 Å². The van der Waals surface area contributed by atoms with Crippen LogP contribution < -0.4 is 0 Å². The van der Waals surface area contributed by atoms with E-state index in [1.54, 1.807) is 0 Å². The van der Waals surface area contributed by atoms with Crippen molar-refractivity contribution in [2.45, 2.75) is 105 Å². The summed E-state index contributed by atoms with van der Waals surface area (Å²) in [5.41, 5.74) is 8.77.